The lowest BCUT2D eigenvalue weighted by Crippen LogP contribution is -1.95. The minimum atomic E-state index is 0. The van der Waals surface area contributed by atoms with Crippen LogP contribution in [0.3, 0.4) is 0 Å². The Labute approximate surface area is 427 Å². The summed E-state index contributed by atoms with van der Waals surface area (Å²) in [5, 5.41) is 6.16. The van der Waals surface area contributed by atoms with Crippen LogP contribution in [0.4, 0.5) is 5.69 Å². The lowest BCUT2D eigenvalue weighted by Gasteiger charge is -2.11. The lowest BCUT2D eigenvalue weighted by atomic mass is 9.97. The zero-order valence-corrected chi connectivity index (χ0v) is 45.0. The molecular formula is C67H98N2. The van der Waals surface area contributed by atoms with Crippen LogP contribution in [0.5, 0.6) is 0 Å². The summed E-state index contributed by atoms with van der Waals surface area (Å²) < 4.78 is 0. The summed E-state index contributed by atoms with van der Waals surface area (Å²) in [5.74, 6) is 0. The van der Waals surface area contributed by atoms with Crippen LogP contribution in [0.25, 0.3) is 17.7 Å². The summed E-state index contributed by atoms with van der Waals surface area (Å²) in [5.41, 5.74) is 12.7. The second-order valence-corrected chi connectivity index (χ2v) is 15.6. The second-order valence-electron chi connectivity index (χ2n) is 15.6. The van der Waals surface area contributed by atoms with Gasteiger partial charge in [0.1, 0.15) is 0 Å². The molecule has 0 amide bonds. The van der Waals surface area contributed by atoms with Crippen molar-refractivity contribution in [1.29, 1.82) is 0 Å². The zero-order chi connectivity index (χ0) is 50.9. The molecule has 0 spiro atoms. The van der Waals surface area contributed by atoms with Gasteiger partial charge in [-0.2, -0.15) is 0 Å². The van der Waals surface area contributed by atoms with E-state index < -0.39 is 0 Å². The molecule has 2 aliphatic carbocycles. The SMILES string of the molecule is C.C1=CC(/C=C/c2ccccc2)=CCC1.C=C(/C=C\C=C(\C)Nc1ccc(C2=CC=CCC2)cc1)CC.C=CCCC/C=C/c1ccccc1.CC.CC.CCC.CCc1cccc(C)c1.CNC. The monoisotopic (exact) mass is 931 g/mol. The standard InChI is InChI=1S/C21H25N.C14H14.C13H16.C9H12.C3H8.C2H7N.2C2H6.CH4/c1-4-17(2)9-8-10-18(3)22-21-15-13-20(14-16-21)19-11-6-5-7-12-19;1-3-7-13(8-4-1)11-12-14-9-5-2-6-10-14;1-2-3-4-5-7-10-13-11-8-6-9-12-13;1-3-9-6-4-5-8(2)7-9;2*1-3-2;2*1-2;/h5-6,8-11,13-16,22H,2,4,7,12H2,1,3H3;1,3-5,7-12H,2,6H2;2,6-12H,1,3-5H2;4-7H,3H2,1-2H3;3H2,1-2H3;3H,1-2H3;2*1-2H3;1H4/b9-8-,18-10-;12-11+;10-7+;;;;;;. The minimum Gasteiger partial charge on any atom is -0.359 e. The van der Waals surface area contributed by atoms with Crippen molar-refractivity contribution < 1.29 is 0 Å². The van der Waals surface area contributed by atoms with E-state index in [1.807, 2.05) is 66.1 Å². The van der Waals surface area contributed by atoms with Crippen molar-refractivity contribution in [2.24, 2.45) is 0 Å². The Morgan fingerprint density at radius 2 is 1.32 bits per heavy atom. The van der Waals surface area contributed by atoms with Crippen LogP contribution in [-0.2, 0) is 6.42 Å². The van der Waals surface area contributed by atoms with Crippen molar-refractivity contribution in [3.05, 3.63) is 240 Å². The summed E-state index contributed by atoms with van der Waals surface area (Å²) in [6.45, 7) is 28.4. The molecule has 2 N–H and O–H groups in total. The number of rotatable bonds is 14. The molecule has 0 aliphatic heterocycles. The number of hydrogen-bond acceptors (Lipinski definition) is 2. The lowest BCUT2D eigenvalue weighted by molar-refractivity contribution is 0.872. The number of nitrogens with one attached hydrogen (secondary N) is 2. The van der Waals surface area contributed by atoms with Gasteiger partial charge in [0, 0.05) is 11.4 Å². The third-order valence-corrected chi connectivity index (χ3v) is 9.41. The molecule has 69 heavy (non-hydrogen) atoms. The highest BCUT2D eigenvalue weighted by Gasteiger charge is 2.03. The Kier molecular flexibility index (Phi) is 48.7. The molecule has 0 radical (unpaired) electrons. The van der Waals surface area contributed by atoms with Crippen LogP contribution in [0.15, 0.2) is 212 Å². The Balaban J connectivity index is -0.000000815. The molecule has 0 unspecified atom stereocenters. The molecule has 2 aliphatic rings. The largest absolute Gasteiger partial charge is 0.359 e. The molecule has 2 heteroatoms. The maximum atomic E-state index is 3.96. The van der Waals surface area contributed by atoms with E-state index in [0.29, 0.717) is 0 Å². The number of aryl methyl sites for hydroxylation is 2. The fourth-order valence-corrected chi connectivity index (χ4v) is 5.94. The maximum absolute atomic E-state index is 3.96. The Morgan fingerprint density at radius 1 is 0.710 bits per heavy atom. The van der Waals surface area contributed by atoms with Crippen molar-refractivity contribution in [2.45, 2.75) is 141 Å². The predicted molar refractivity (Wildman–Crippen MR) is 321 cm³/mol. The van der Waals surface area contributed by atoms with E-state index in [2.05, 4.69) is 235 Å². The zero-order valence-electron chi connectivity index (χ0n) is 45.0. The molecule has 0 heterocycles. The summed E-state index contributed by atoms with van der Waals surface area (Å²) in [7, 11) is 3.75. The van der Waals surface area contributed by atoms with Gasteiger partial charge < -0.3 is 10.6 Å². The van der Waals surface area contributed by atoms with Crippen LogP contribution in [0.2, 0.25) is 0 Å². The molecule has 0 atom stereocenters. The van der Waals surface area contributed by atoms with E-state index in [0.717, 1.165) is 55.5 Å². The molecule has 0 fully saturated rings. The highest BCUT2D eigenvalue weighted by Crippen LogP contribution is 2.25. The number of unbranched alkanes of at least 4 members (excludes halogenated alkanes) is 2. The number of anilines is 1. The topological polar surface area (TPSA) is 24.1 Å². The van der Waals surface area contributed by atoms with Crippen LogP contribution >= 0.6 is 0 Å². The van der Waals surface area contributed by atoms with Gasteiger partial charge in [0.2, 0.25) is 0 Å². The first-order chi connectivity index (χ1) is 33.2. The van der Waals surface area contributed by atoms with Gasteiger partial charge in [-0.15, -0.1) is 6.58 Å². The van der Waals surface area contributed by atoms with Crippen molar-refractivity contribution in [3.63, 3.8) is 0 Å². The van der Waals surface area contributed by atoms with Gasteiger partial charge in [-0.1, -0.05) is 263 Å². The van der Waals surface area contributed by atoms with Crippen LogP contribution in [0.1, 0.15) is 155 Å². The number of benzene rings is 4. The highest BCUT2D eigenvalue weighted by atomic mass is 14.9. The average molecular weight is 932 g/mol. The normalized spacial score (nSPS) is 11.9. The van der Waals surface area contributed by atoms with Crippen molar-refractivity contribution in [1.82, 2.24) is 5.32 Å². The second kappa shape index (κ2) is 49.9. The van der Waals surface area contributed by atoms with E-state index in [-0.39, 0.29) is 7.43 Å². The summed E-state index contributed by atoms with van der Waals surface area (Å²) in [6, 6.07) is 38.0. The van der Waals surface area contributed by atoms with Crippen LogP contribution < -0.4 is 10.6 Å². The fraction of sp³-hybridized carbons (Fsp3) is 0.343. The smallest absolute Gasteiger partial charge is 0.0382 e. The van der Waals surface area contributed by atoms with E-state index >= 15 is 0 Å². The Hall–Kier alpha value is -5.96. The van der Waals surface area contributed by atoms with Gasteiger partial charge in [0.05, 0.1) is 0 Å². The molecule has 2 nitrogen and oxygen atoms in total. The van der Waals surface area contributed by atoms with E-state index in [9.17, 15) is 0 Å². The molecule has 0 aromatic heterocycles. The van der Waals surface area contributed by atoms with Crippen molar-refractivity contribution >= 4 is 23.4 Å². The van der Waals surface area contributed by atoms with Crippen LogP contribution in [-0.4, -0.2) is 14.1 Å². The highest BCUT2D eigenvalue weighted by molar-refractivity contribution is 5.70. The Morgan fingerprint density at radius 3 is 1.81 bits per heavy atom. The summed E-state index contributed by atoms with van der Waals surface area (Å²) >= 11 is 0. The average Bonchev–Trinajstić information content (AvgIpc) is 3.39. The van der Waals surface area contributed by atoms with E-state index in [1.165, 1.54) is 64.6 Å². The van der Waals surface area contributed by atoms with E-state index in [1.54, 1.807) is 0 Å². The minimum absolute atomic E-state index is 0. The molecule has 0 bridgehead atoms. The number of hydrogen-bond donors (Lipinski definition) is 2. The van der Waals surface area contributed by atoms with E-state index in [4.69, 9.17) is 0 Å². The first-order valence-corrected chi connectivity index (χ1v) is 25.5. The number of allylic oxidation sites excluding steroid dienone is 16. The summed E-state index contributed by atoms with van der Waals surface area (Å²) in [6.07, 6.45) is 41.6. The van der Waals surface area contributed by atoms with Crippen LogP contribution in [0, 0.1) is 6.92 Å². The molecule has 6 rings (SSSR count). The van der Waals surface area contributed by atoms with Gasteiger partial charge in [-0.05, 0) is 137 Å². The fourth-order valence-electron chi connectivity index (χ4n) is 5.94. The maximum Gasteiger partial charge on any atom is 0.0382 e. The Bertz CT molecular complexity index is 2050. The van der Waals surface area contributed by atoms with Gasteiger partial charge in [0.15, 0.2) is 0 Å². The quantitative estimate of drug-likeness (QED) is 0.0748. The first kappa shape index (κ1) is 67.3. The predicted octanol–water partition coefficient (Wildman–Crippen LogP) is 20.8. The molecular weight excluding hydrogens is 833 g/mol. The third kappa shape index (κ3) is 38.7. The van der Waals surface area contributed by atoms with Gasteiger partial charge >= 0.3 is 0 Å². The third-order valence-electron chi connectivity index (χ3n) is 9.41. The van der Waals surface area contributed by atoms with Crippen molar-refractivity contribution in [3.8, 4) is 0 Å². The van der Waals surface area contributed by atoms with Gasteiger partial charge in [0.25, 0.3) is 0 Å². The van der Waals surface area contributed by atoms with Gasteiger partial charge in [-0.3, -0.25) is 0 Å². The molecule has 376 valence electrons. The molecule has 4 aromatic carbocycles. The van der Waals surface area contributed by atoms with Gasteiger partial charge in [-0.25, -0.2) is 0 Å². The van der Waals surface area contributed by atoms with Crippen molar-refractivity contribution in [2.75, 3.05) is 19.4 Å². The molecule has 0 saturated heterocycles. The first-order valence-electron chi connectivity index (χ1n) is 25.5. The summed E-state index contributed by atoms with van der Waals surface area (Å²) in [4.78, 5) is 0. The molecule has 4 aromatic rings. The molecule has 0 saturated carbocycles.